The zero-order valence-electron chi connectivity index (χ0n) is 10.5. The van der Waals surface area contributed by atoms with Crippen LogP contribution in [0.2, 0.25) is 0 Å². The van der Waals surface area contributed by atoms with Gasteiger partial charge in [0.25, 0.3) is 0 Å². The quantitative estimate of drug-likeness (QED) is 0.672. The van der Waals surface area contributed by atoms with Crippen LogP contribution in [0.25, 0.3) is 0 Å². The van der Waals surface area contributed by atoms with Gasteiger partial charge in [-0.05, 0) is 33.2 Å². The summed E-state index contributed by atoms with van der Waals surface area (Å²) < 4.78 is 5.58. The van der Waals surface area contributed by atoms with E-state index in [1.54, 1.807) is 0 Å². The van der Waals surface area contributed by atoms with Gasteiger partial charge in [0.15, 0.2) is 0 Å². The van der Waals surface area contributed by atoms with E-state index in [4.69, 9.17) is 10.00 Å². The van der Waals surface area contributed by atoms with Crippen LogP contribution in [-0.4, -0.2) is 24.8 Å². The maximum atomic E-state index is 9.07. The van der Waals surface area contributed by atoms with Crippen LogP contribution in [0, 0.1) is 11.3 Å². The van der Waals surface area contributed by atoms with Crippen LogP contribution in [0.3, 0.4) is 0 Å². The maximum absolute atomic E-state index is 9.07. The Morgan fingerprint density at radius 1 is 1.47 bits per heavy atom. The van der Waals surface area contributed by atoms with Crippen LogP contribution in [0.4, 0.5) is 0 Å². The standard InChI is InChI=1S/C12H24N2O/c1-5-8-14-12(4,10-13)7-9-15-11(3)6-2/h11,14H,5-9H2,1-4H3. The molecule has 15 heavy (non-hydrogen) atoms. The highest BCUT2D eigenvalue weighted by Gasteiger charge is 2.22. The third-order valence-electron chi connectivity index (χ3n) is 2.59. The Balaban J connectivity index is 3.83. The smallest absolute Gasteiger partial charge is 0.106 e. The fraction of sp³-hybridized carbons (Fsp3) is 0.917. The zero-order chi connectivity index (χ0) is 11.7. The Hall–Kier alpha value is -0.590. The van der Waals surface area contributed by atoms with Crippen molar-refractivity contribution >= 4 is 0 Å². The molecule has 0 spiro atoms. The van der Waals surface area contributed by atoms with Gasteiger partial charge in [0.2, 0.25) is 0 Å². The van der Waals surface area contributed by atoms with E-state index in [1.165, 1.54) is 0 Å². The number of rotatable bonds is 8. The summed E-state index contributed by atoms with van der Waals surface area (Å²) in [5.74, 6) is 0. The minimum absolute atomic E-state index is 0.291. The second-order valence-electron chi connectivity index (χ2n) is 4.21. The molecular formula is C12H24N2O. The van der Waals surface area contributed by atoms with Crippen molar-refractivity contribution in [1.29, 1.82) is 5.26 Å². The van der Waals surface area contributed by atoms with E-state index >= 15 is 0 Å². The summed E-state index contributed by atoms with van der Waals surface area (Å²) in [6.45, 7) is 9.72. The van der Waals surface area contributed by atoms with Gasteiger partial charge >= 0.3 is 0 Å². The van der Waals surface area contributed by atoms with Gasteiger partial charge in [-0.1, -0.05) is 13.8 Å². The van der Waals surface area contributed by atoms with Crippen molar-refractivity contribution in [3.8, 4) is 6.07 Å². The lowest BCUT2D eigenvalue weighted by Gasteiger charge is -2.23. The van der Waals surface area contributed by atoms with Gasteiger partial charge in [-0.2, -0.15) is 5.26 Å². The van der Waals surface area contributed by atoms with E-state index in [-0.39, 0.29) is 0 Å². The molecule has 0 aromatic rings. The van der Waals surface area contributed by atoms with Crippen LogP contribution < -0.4 is 5.32 Å². The van der Waals surface area contributed by atoms with Crippen LogP contribution in [-0.2, 0) is 4.74 Å². The predicted octanol–water partition coefficient (Wildman–Crippen LogP) is 2.47. The van der Waals surface area contributed by atoms with E-state index in [2.05, 4.69) is 32.2 Å². The third-order valence-corrected chi connectivity index (χ3v) is 2.59. The average molecular weight is 212 g/mol. The SMILES string of the molecule is CCCNC(C)(C#N)CCOC(C)CC. The average Bonchev–Trinajstić information content (AvgIpc) is 2.26. The lowest BCUT2D eigenvalue weighted by molar-refractivity contribution is 0.0535. The topological polar surface area (TPSA) is 45.0 Å². The molecule has 0 aliphatic heterocycles. The first-order valence-corrected chi connectivity index (χ1v) is 5.85. The second kappa shape index (κ2) is 7.67. The molecule has 3 nitrogen and oxygen atoms in total. The van der Waals surface area contributed by atoms with E-state index in [0.29, 0.717) is 12.7 Å². The molecular weight excluding hydrogens is 188 g/mol. The molecule has 0 aromatic carbocycles. The van der Waals surface area contributed by atoms with Gasteiger partial charge in [0.1, 0.15) is 5.54 Å². The fourth-order valence-corrected chi connectivity index (χ4v) is 1.17. The minimum Gasteiger partial charge on any atom is -0.378 e. The van der Waals surface area contributed by atoms with Crippen molar-refractivity contribution in [3.05, 3.63) is 0 Å². The highest BCUT2D eigenvalue weighted by molar-refractivity contribution is 5.03. The summed E-state index contributed by atoms with van der Waals surface area (Å²) in [6, 6.07) is 2.31. The molecule has 0 amide bonds. The Morgan fingerprint density at radius 2 is 2.13 bits per heavy atom. The van der Waals surface area contributed by atoms with Gasteiger partial charge in [-0.15, -0.1) is 0 Å². The molecule has 1 N–H and O–H groups in total. The highest BCUT2D eigenvalue weighted by atomic mass is 16.5. The van der Waals surface area contributed by atoms with Crippen LogP contribution in [0.1, 0.15) is 47.0 Å². The van der Waals surface area contributed by atoms with E-state index in [9.17, 15) is 0 Å². The highest BCUT2D eigenvalue weighted by Crippen LogP contribution is 2.09. The Morgan fingerprint density at radius 3 is 2.60 bits per heavy atom. The van der Waals surface area contributed by atoms with Crippen molar-refractivity contribution in [1.82, 2.24) is 5.32 Å². The number of nitriles is 1. The number of hydrogen-bond acceptors (Lipinski definition) is 3. The van der Waals surface area contributed by atoms with Crippen molar-refractivity contribution in [2.75, 3.05) is 13.2 Å². The molecule has 2 unspecified atom stereocenters. The van der Waals surface area contributed by atoms with Crippen LogP contribution in [0.5, 0.6) is 0 Å². The van der Waals surface area contributed by atoms with Crippen molar-refractivity contribution in [2.45, 2.75) is 58.6 Å². The minimum atomic E-state index is -0.441. The van der Waals surface area contributed by atoms with Gasteiger partial charge in [0.05, 0.1) is 12.2 Å². The number of nitrogens with one attached hydrogen (secondary N) is 1. The molecule has 88 valence electrons. The molecule has 0 rings (SSSR count). The van der Waals surface area contributed by atoms with Crippen molar-refractivity contribution in [3.63, 3.8) is 0 Å². The van der Waals surface area contributed by atoms with Crippen LogP contribution in [0.15, 0.2) is 0 Å². The van der Waals surface area contributed by atoms with Crippen molar-refractivity contribution < 1.29 is 4.74 Å². The normalized spacial score (nSPS) is 16.7. The summed E-state index contributed by atoms with van der Waals surface area (Å²) in [4.78, 5) is 0. The predicted molar refractivity (Wildman–Crippen MR) is 62.6 cm³/mol. The van der Waals surface area contributed by atoms with Crippen molar-refractivity contribution in [2.24, 2.45) is 0 Å². The number of ether oxygens (including phenoxy) is 1. The van der Waals surface area contributed by atoms with E-state index in [1.807, 2.05) is 6.92 Å². The molecule has 0 radical (unpaired) electrons. The lowest BCUT2D eigenvalue weighted by atomic mass is 10.0. The molecule has 0 aromatic heterocycles. The molecule has 0 heterocycles. The summed E-state index contributed by atoms with van der Waals surface area (Å²) >= 11 is 0. The molecule has 0 fully saturated rings. The maximum Gasteiger partial charge on any atom is 0.106 e. The zero-order valence-corrected chi connectivity index (χ0v) is 10.5. The summed E-state index contributed by atoms with van der Waals surface area (Å²) in [5.41, 5.74) is -0.441. The van der Waals surface area contributed by atoms with Gasteiger partial charge < -0.3 is 4.74 Å². The first kappa shape index (κ1) is 14.4. The first-order chi connectivity index (χ1) is 7.08. The summed E-state index contributed by atoms with van der Waals surface area (Å²) in [7, 11) is 0. The summed E-state index contributed by atoms with van der Waals surface area (Å²) in [5, 5.41) is 12.3. The summed E-state index contributed by atoms with van der Waals surface area (Å²) in [6.07, 6.45) is 3.10. The van der Waals surface area contributed by atoms with E-state index in [0.717, 1.165) is 25.8 Å². The molecule has 0 aliphatic carbocycles. The molecule has 2 atom stereocenters. The number of nitrogens with zero attached hydrogens (tertiary/aromatic N) is 1. The Kier molecular flexibility index (Phi) is 7.37. The van der Waals surface area contributed by atoms with Gasteiger partial charge in [-0.3, -0.25) is 5.32 Å². The first-order valence-electron chi connectivity index (χ1n) is 5.85. The van der Waals surface area contributed by atoms with Crippen LogP contribution >= 0.6 is 0 Å². The Labute approximate surface area is 93.8 Å². The molecule has 0 saturated heterocycles. The monoisotopic (exact) mass is 212 g/mol. The third kappa shape index (κ3) is 6.48. The Bertz CT molecular complexity index is 200. The molecule has 0 saturated carbocycles. The van der Waals surface area contributed by atoms with Gasteiger partial charge in [-0.25, -0.2) is 0 Å². The molecule has 3 heteroatoms. The lowest BCUT2D eigenvalue weighted by Crippen LogP contribution is -2.42. The van der Waals surface area contributed by atoms with Gasteiger partial charge in [0, 0.05) is 13.0 Å². The molecule has 0 aliphatic rings. The molecule has 0 bridgehead atoms. The fourth-order valence-electron chi connectivity index (χ4n) is 1.17. The number of hydrogen-bond donors (Lipinski definition) is 1. The van der Waals surface area contributed by atoms with E-state index < -0.39 is 5.54 Å². The second-order valence-corrected chi connectivity index (χ2v) is 4.21. The largest absolute Gasteiger partial charge is 0.378 e.